The van der Waals surface area contributed by atoms with E-state index in [9.17, 15) is 19.6 Å². The quantitative estimate of drug-likeness (QED) is 0.774. The summed E-state index contributed by atoms with van der Waals surface area (Å²) in [5, 5.41) is 28.5. The molecule has 0 aliphatic carbocycles. The highest BCUT2D eigenvalue weighted by Gasteiger charge is 2.20. The molecule has 0 bridgehead atoms. The number of halogens is 1. The number of hydrogen-bond donors (Lipinski definition) is 2. The molecule has 0 amide bonds. The number of fused-ring (bicyclic) bond motifs is 1. The fraction of sp³-hybridized carbons (Fsp3) is 0.0625. The monoisotopic (exact) mass is 311 g/mol. The van der Waals surface area contributed by atoms with E-state index in [1.54, 1.807) is 22.9 Å². The van der Waals surface area contributed by atoms with Crippen molar-refractivity contribution >= 4 is 16.9 Å². The topological polar surface area (TPSA) is 99.1 Å². The number of rotatable bonds is 3. The van der Waals surface area contributed by atoms with Gasteiger partial charge in [0.1, 0.15) is 11.9 Å². The summed E-state index contributed by atoms with van der Waals surface area (Å²) in [5.41, 5.74) is 0.279. The van der Waals surface area contributed by atoms with Crippen LogP contribution in [0.15, 0.2) is 36.5 Å². The van der Waals surface area contributed by atoms with E-state index in [1.165, 1.54) is 18.2 Å². The van der Waals surface area contributed by atoms with Crippen LogP contribution in [0.1, 0.15) is 21.7 Å². The minimum absolute atomic E-state index is 0.114. The third-order valence-electron chi connectivity index (χ3n) is 3.44. The van der Waals surface area contributed by atoms with E-state index < -0.39 is 17.4 Å². The Hall–Kier alpha value is -3.40. The van der Waals surface area contributed by atoms with Crippen molar-refractivity contribution in [2.75, 3.05) is 0 Å². The Morgan fingerprint density at radius 3 is 2.83 bits per heavy atom. The summed E-state index contributed by atoms with van der Waals surface area (Å²) in [6, 6.07) is 9.31. The highest BCUT2D eigenvalue weighted by molar-refractivity contribution is 5.99. The maximum atomic E-state index is 13.3. The predicted molar refractivity (Wildman–Crippen MR) is 78.6 cm³/mol. The normalized spacial score (nSPS) is 10.6. The molecule has 1 aromatic carbocycles. The molecule has 0 saturated heterocycles. The molecule has 114 valence electrons. The number of carbonyl (C=O) groups is 1. The summed E-state index contributed by atoms with van der Waals surface area (Å²) in [7, 11) is 0. The van der Waals surface area contributed by atoms with Gasteiger partial charge >= 0.3 is 5.97 Å². The van der Waals surface area contributed by atoms with Crippen molar-refractivity contribution in [2.45, 2.75) is 6.54 Å². The van der Waals surface area contributed by atoms with Crippen molar-refractivity contribution in [2.24, 2.45) is 0 Å². The molecule has 2 N–H and O–H groups in total. The number of nitriles is 1. The summed E-state index contributed by atoms with van der Waals surface area (Å²) >= 11 is 0. The van der Waals surface area contributed by atoms with Crippen LogP contribution in [0.5, 0.6) is 5.75 Å². The predicted octanol–water partition coefficient (Wildman–Crippen LogP) is 2.50. The first-order valence-electron chi connectivity index (χ1n) is 6.61. The minimum atomic E-state index is -1.42. The summed E-state index contributed by atoms with van der Waals surface area (Å²) < 4.78 is 14.9. The minimum Gasteiger partial charge on any atom is -0.505 e. The Morgan fingerprint density at radius 1 is 1.39 bits per heavy atom. The first-order chi connectivity index (χ1) is 11.0. The lowest BCUT2D eigenvalue weighted by Crippen LogP contribution is -2.06. The number of aromatic carboxylic acids is 1. The summed E-state index contributed by atoms with van der Waals surface area (Å²) in [6.07, 6.45) is 1.59. The van der Waals surface area contributed by atoms with Gasteiger partial charge in [-0.05, 0) is 23.8 Å². The molecule has 0 aliphatic heterocycles. The average Bonchev–Trinajstić information content (AvgIpc) is 2.92. The molecule has 0 spiro atoms. The van der Waals surface area contributed by atoms with E-state index in [0.717, 1.165) is 0 Å². The zero-order valence-electron chi connectivity index (χ0n) is 11.7. The zero-order chi connectivity index (χ0) is 16.6. The smallest absolute Gasteiger partial charge is 0.358 e. The lowest BCUT2D eigenvalue weighted by molar-refractivity contribution is 0.0687. The van der Waals surface area contributed by atoms with Crippen molar-refractivity contribution < 1.29 is 19.4 Å². The molecule has 3 aromatic rings. The Bertz CT molecular complexity index is 973. The first-order valence-corrected chi connectivity index (χ1v) is 6.61. The molecular weight excluding hydrogens is 301 g/mol. The zero-order valence-corrected chi connectivity index (χ0v) is 11.7. The van der Waals surface area contributed by atoms with Gasteiger partial charge < -0.3 is 14.8 Å². The number of aromatic hydroxyl groups is 1. The number of hydrogen-bond acceptors (Lipinski definition) is 4. The van der Waals surface area contributed by atoms with E-state index in [2.05, 4.69) is 4.98 Å². The van der Waals surface area contributed by atoms with E-state index in [4.69, 9.17) is 5.11 Å². The lowest BCUT2D eigenvalue weighted by atomic mass is 10.2. The standard InChI is InChI=1S/C16H10FN3O3/c17-10-3-1-2-9(6-10)8-20-5-4-11-14(20)12(7-18)19-13(15(11)21)16(22)23/h1-6,21H,8H2,(H,22,23). The number of aromatic nitrogens is 2. The van der Waals surface area contributed by atoms with Crippen LogP contribution in [0.4, 0.5) is 4.39 Å². The molecule has 2 aromatic heterocycles. The molecule has 0 saturated carbocycles. The van der Waals surface area contributed by atoms with Crippen molar-refractivity contribution in [1.29, 1.82) is 5.26 Å². The second-order valence-electron chi connectivity index (χ2n) is 4.91. The number of nitrogens with zero attached hydrogens (tertiary/aromatic N) is 3. The van der Waals surface area contributed by atoms with Gasteiger partial charge in [-0.1, -0.05) is 12.1 Å². The van der Waals surface area contributed by atoms with Crippen molar-refractivity contribution in [3.05, 3.63) is 59.3 Å². The molecule has 23 heavy (non-hydrogen) atoms. The fourth-order valence-electron chi connectivity index (χ4n) is 2.46. The summed E-state index contributed by atoms with van der Waals surface area (Å²) in [5.74, 6) is -2.29. The number of carboxylic acid groups (broad SMARTS) is 1. The highest BCUT2D eigenvalue weighted by Crippen LogP contribution is 2.30. The van der Waals surface area contributed by atoms with E-state index in [1.807, 2.05) is 6.07 Å². The average molecular weight is 311 g/mol. The largest absolute Gasteiger partial charge is 0.505 e. The summed E-state index contributed by atoms with van der Waals surface area (Å²) in [4.78, 5) is 14.8. The van der Waals surface area contributed by atoms with Crippen LogP contribution in [0.2, 0.25) is 0 Å². The van der Waals surface area contributed by atoms with Gasteiger partial charge in [0, 0.05) is 18.1 Å². The lowest BCUT2D eigenvalue weighted by Gasteiger charge is -2.08. The SMILES string of the molecule is N#Cc1nc(C(=O)O)c(O)c2ccn(Cc3cccc(F)c3)c12. The molecule has 3 rings (SSSR count). The van der Waals surface area contributed by atoms with Gasteiger partial charge in [-0.15, -0.1) is 0 Å². The Labute approximate surface area is 129 Å². The van der Waals surface area contributed by atoms with Gasteiger partial charge in [0.25, 0.3) is 0 Å². The van der Waals surface area contributed by atoms with E-state index in [-0.39, 0.29) is 23.4 Å². The van der Waals surface area contributed by atoms with E-state index in [0.29, 0.717) is 11.1 Å². The van der Waals surface area contributed by atoms with Crippen molar-refractivity contribution in [1.82, 2.24) is 9.55 Å². The van der Waals surface area contributed by atoms with Gasteiger partial charge in [0.2, 0.25) is 0 Å². The van der Waals surface area contributed by atoms with Crippen molar-refractivity contribution in [3.63, 3.8) is 0 Å². The van der Waals surface area contributed by atoms with Crippen LogP contribution in [0.3, 0.4) is 0 Å². The third-order valence-corrected chi connectivity index (χ3v) is 3.44. The first kappa shape index (κ1) is 14.5. The van der Waals surface area contributed by atoms with Crippen LogP contribution in [-0.2, 0) is 6.54 Å². The molecular formula is C16H10FN3O3. The van der Waals surface area contributed by atoms with E-state index >= 15 is 0 Å². The number of carboxylic acids is 1. The molecule has 2 heterocycles. The molecule has 0 fully saturated rings. The molecule has 7 heteroatoms. The molecule has 0 radical (unpaired) electrons. The molecule has 0 unspecified atom stereocenters. The van der Waals surface area contributed by atoms with Gasteiger partial charge in [0.05, 0.1) is 5.52 Å². The maximum Gasteiger partial charge on any atom is 0.358 e. The summed E-state index contributed by atoms with van der Waals surface area (Å²) in [6.45, 7) is 0.253. The highest BCUT2D eigenvalue weighted by atomic mass is 19.1. The van der Waals surface area contributed by atoms with Crippen LogP contribution < -0.4 is 0 Å². The van der Waals surface area contributed by atoms with Gasteiger partial charge in [0.15, 0.2) is 17.1 Å². The van der Waals surface area contributed by atoms with Gasteiger partial charge in [-0.2, -0.15) is 5.26 Å². The molecule has 0 atom stereocenters. The van der Waals surface area contributed by atoms with Crippen molar-refractivity contribution in [3.8, 4) is 11.8 Å². The maximum absolute atomic E-state index is 13.3. The second kappa shape index (κ2) is 5.42. The van der Waals surface area contributed by atoms with Gasteiger partial charge in [-0.25, -0.2) is 14.2 Å². The Balaban J connectivity index is 2.19. The second-order valence-corrected chi connectivity index (χ2v) is 4.91. The number of pyridine rings is 1. The van der Waals surface area contributed by atoms with Gasteiger partial charge in [-0.3, -0.25) is 0 Å². The Morgan fingerprint density at radius 2 is 2.17 bits per heavy atom. The van der Waals surface area contributed by atoms with Crippen LogP contribution in [0.25, 0.3) is 10.9 Å². The Kier molecular flexibility index (Phi) is 3.43. The number of benzene rings is 1. The van der Waals surface area contributed by atoms with Crippen LogP contribution in [0, 0.1) is 17.1 Å². The van der Waals surface area contributed by atoms with Crippen LogP contribution >= 0.6 is 0 Å². The van der Waals surface area contributed by atoms with Crippen LogP contribution in [-0.4, -0.2) is 25.7 Å². The fourth-order valence-corrected chi connectivity index (χ4v) is 2.46. The third kappa shape index (κ3) is 2.46. The molecule has 0 aliphatic rings. The molecule has 6 nitrogen and oxygen atoms in total.